The minimum absolute atomic E-state index is 1.01. The zero-order valence-corrected chi connectivity index (χ0v) is 14.5. The number of rotatable bonds is 0. The third-order valence-corrected chi connectivity index (χ3v) is 5.26. The summed E-state index contributed by atoms with van der Waals surface area (Å²) < 4.78 is 0. The van der Waals surface area contributed by atoms with Crippen molar-refractivity contribution in [2.45, 2.75) is 32.5 Å². The van der Waals surface area contributed by atoms with Crippen LogP contribution in [0.4, 0.5) is 0 Å². The Bertz CT molecular complexity index is 909. The maximum absolute atomic E-state index is 3.53. The lowest BCUT2D eigenvalue weighted by Crippen LogP contribution is -2.16. The Morgan fingerprint density at radius 1 is 0.909 bits per heavy atom. The molecule has 2 aromatic carbocycles. The molecule has 0 unspecified atom stereocenters. The topological polar surface area (TPSA) is 0 Å². The highest BCUT2D eigenvalue weighted by atomic mass is 28.3. The molecule has 22 heavy (non-hydrogen) atoms. The number of allylic oxidation sites excluding steroid dienone is 3. The lowest BCUT2D eigenvalue weighted by molar-refractivity contribution is 1.25. The smallest absolute Gasteiger partial charge is 0.127 e. The van der Waals surface area contributed by atoms with E-state index in [0.717, 1.165) is 12.8 Å². The molecular weight excluding hydrogens is 280 g/mol. The van der Waals surface area contributed by atoms with Crippen molar-refractivity contribution in [2.75, 3.05) is 0 Å². The Balaban J connectivity index is 1.98. The summed E-state index contributed by atoms with van der Waals surface area (Å²) in [6.45, 7) is 6.91. The van der Waals surface area contributed by atoms with Gasteiger partial charge in [-0.25, -0.2) is 0 Å². The van der Waals surface area contributed by atoms with E-state index in [0.29, 0.717) is 0 Å². The van der Waals surface area contributed by atoms with Crippen LogP contribution in [0.25, 0.3) is 22.4 Å². The van der Waals surface area contributed by atoms with Crippen molar-refractivity contribution in [3.05, 3.63) is 58.7 Å². The maximum atomic E-state index is 3.53. The number of hydrogen-bond donors (Lipinski definition) is 0. The summed E-state index contributed by atoms with van der Waals surface area (Å²) in [5.74, 6) is 3.49. The molecule has 2 aliphatic carbocycles. The predicted octanol–water partition coefficient (Wildman–Crippen LogP) is 5.23. The van der Waals surface area contributed by atoms with E-state index in [9.17, 15) is 0 Å². The molecule has 4 rings (SSSR count). The molecule has 0 atom stereocenters. The summed E-state index contributed by atoms with van der Waals surface area (Å²) in [5, 5.41) is 2.90. The number of hydrogen-bond acceptors (Lipinski definition) is 0. The average molecular weight is 300 g/mol. The molecule has 0 spiro atoms. The molecule has 0 bridgehead atoms. The van der Waals surface area contributed by atoms with Crippen molar-refractivity contribution < 1.29 is 0 Å². The molecule has 2 aromatic rings. The zero-order chi connectivity index (χ0) is 15.3. The highest BCUT2D eigenvalue weighted by molar-refractivity contribution is 6.84. The summed E-state index contributed by atoms with van der Waals surface area (Å²) in [6.07, 6.45) is 8.90. The van der Waals surface area contributed by atoms with Gasteiger partial charge in [-0.1, -0.05) is 68.1 Å². The van der Waals surface area contributed by atoms with Crippen LogP contribution < -0.4 is 0 Å². The van der Waals surface area contributed by atoms with Gasteiger partial charge in [0.1, 0.15) is 8.07 Å². The Morgan fingerprint density at radius 3 is 2.50 bits per heavy atom. The van der Waals surface area contributed by atoms with Gasteiger partial charge in [-0.3, -0.25) is 0 Å². The molecule has 0 saturated carbocycles. The fourth-order valence-electron chi connectivity index (χ4n) is 3.38. The fourth-order valence-corrected chi connectivity index (χ4v) is 3.89. The normalized spacial score (nSPS) is 15.3. The summed E-state index contributed by atoms with van der Waals surface area (Å²) >= 11 is 0. The fraction of sp³-hybridized carbons (Fsp3) is 0.238. The summed E-state index contributed by atoms with van der Waals surface area (Å²) in [5.41, 5.74) is 10.4. The molecule has 0 N–H and O–H groups in total. The van der Waals surface area contributed by atoms with Crippen molar-refractivity contribution in [1.29, 1.82) is 0 Å². The summed E-state index contributed by atoms with van der Waals surface area (Å²) in [7, 11) is -1.35. The van der Waals surface area contributed by atoms with Gasteiger partial charge in [0.25, 0.3) is 0 Å². The molecule has 2 aliphatic rings. The quantitative estimate of drug-likeness (QED) is 0.461. The second-order valence-electron chi connectivity index (χ2n) is 7.26. The van der Waals surface area contributed by atoms with Crippen LogP contribution in [0.15, 0.2) is 36.4 Å². The molecular formula is C21H20Si. The first-order valence-electron chi connectivity index (χ1n) is 8.01. The van der Waals surface area contributed by atoms with Crippen molar-refractivity contribution >= 4 is 30.5 Å². The van der Waals surface area contributed by atoms with Crippen molar-refractivity contribution in [2.24, 2.45) is 0 Å². The third-order valence-electron chi connectivity index (χ3n) is 4.39. The molecule has 0 fully saturated rings. The predicted molar refractivity (Wildman–Crippen MR) is 99.5 cm³/mol. The van der Waals surface area contributed by atoms with Crippen LogP contribution in [0.3, 0.4) is 0 Å². The van der Waals surface area contributed by atoms with Gasteiger partial charge in [0.2, 0.25) is 0 Å². The van der Waals surface area contributed by atoms with Gasteiger partial charge in [0.15, 0.2) is 0 Å². The van der Waals surface area contributed by atoms with E-state index in [1.807, 2.05) is 0 Å². The first-order valence-corrected chi connectivity index (χ1v) is 11.5. The lowest BCUT2D eigenvalue weighted by Gasteiger charge is -2.21. The first kappa shape index (κ1) is 13.6. The van der Waals surface area contributed by atoms with E-state index >= 15 is 0 Å². The van der Waals surface area contributed by atoms with Crippen LogP contribution in [-0.2, 0) is 12.8 Å². The lowest BCUT2D eigenvalue weighted by atomic mass is 9.82. The molecule has 0 heterocycles. The van der Waals surface area contributed by atoms with E-state index in [2.05, 4.69) is 73.6 Å². The molecule has 0 saturated heterocycles. The van der Waals surface area contributed by atoms with E-state index in [-0.39, 0.29) is 0 Å². The van der Waals surface area contributed by atoms with Crippen molar-refractivity contribution in [1.82, 2.24) is 0 Å². The van der Waals surface area contributed by atoms with E-state index < -0.39 is 8.07 Å². The Morgan fingerprint density at radius 2 is 1.68 bits per heavy atom. The van der Waals surface area contributed by atoms with Gasteiger partial charge in [0.05, 0.1) is 0 Å². The zero-order valence-electron chi connectivity index (χ0n) is 13.5. The van der Waals surface area contributed by atoms with Gasteiger partial charge in [-0.15, -0.1) is 5.54 Å². The van der Waals surface area contributed by atoms with Crippen LogP contribution >= 0.6 is 0 Å². The maximum Gasteiger partial charge on any atom is 0.129 e. The van der Waals surface area contributed by atoms with Gasteiger partial charge >= 0.3 is 0 Å². The van der Waals surface area contributed by atoms with Crippen LogP contribution in [0.5, 0.6) is 0 Å². The van der Waals surface area contributed by atoms with Gasteiger partial charge in [-0.2, -0.15) is 0 Å². The largest absolute Gasteiger partial charge is 0.129 e. The summed E-state index contributed by atoms with van der Waals surface area (Å²) in [4.78, 5) is 0. The van der Waals surface area contributed by atoms with Crippen molar-refractivity contribution in [3.63, 3.8) is 0 Å². The summed E-state index contributed by atoms with van der Waals surface area (Å²) in [6, 6.07) is 9.14. The standard InChI is InChI=1S/C21H20Si/c1-22(2,3)14-13-15-7-8-18-10-9-16-5-4-6-17-11-12-19(15)21(18)20(16)17/h4-5,7,9-12H,6,8H2,1-3H3. The first-order chi connectivity index (χ1) is 10.5. The molecule has 0 amide bonds. The van der Waals surface area contributed by atoms with E-state index in [1.165, 1.54) is 38.6 Å². The van der Waals surface area contributed by atoms with Gasteiger partial charge in [-0.05, 0) is 45.9 Å². The molecule has 0 aliphatic heterocycles. The highest BCUT2D eigenvalue weighted by Crippen LogP contribution is 2.38. The van der Waals surface area contributed by atoms with Crippen LogP contribution in [0.2, 0.25) is 19.6 Å². The third kappa shape index (κ3) is 2.15. The van der Waals surface area contributed by atoms with Gasteiger partial charge in [0, 0.05) is 5.57 Å². The second kappa shape index (κ2) is 4.73. The van der Waals surface area contributed by atoms with Crippen LogP contribution in [-0.4, -0.2) is 8.07 Å². The van der Waals surface area contributed by atoms with Crippen LogP contribution in [0, 0.1) is 11.5 Å². The molecule has 0 radical (unpaired) electrons. The monoisotopic (exact) mass is 300 g/mol. The molecule has 0 nitrogen and oxygen atoms in total. The SMILES string of the molecule is C[Si](C)(C)C#CC1=CCc2ccc3c4c(ccc1c24)CC=C3. The second-order valence-corrected chi connectivity index (χ2v) is 12.0. The number of benzene rings is 2. The molecule has 0 aromatic heterocycles. The molecule has 108 valence electrons. The Kier molecular flexibility index (Phi) is 2.92. The minimum atomic E-state index is -1.35. The highest BCUT2D eigenvalue weighted by Gasteiger charge is 2.19. The van der Waals surface area contributed by atoms with E-state index in [4.69, 9.17) is 0 Å². The van der Waals surface area contributed by atoms with E-state index in [1.54, 1.807) is 0 Å². The Hall–Kier alpha value is -2.04. The van der Waals surface area contributed by atoms with Gasteiger partial charge < -0.3 is 0 Å². The van der Waals surface area contributed by atoms with Crippen molar-refractivity contribution in [3.8, 4) is 11.5 Å². The Labute approximate surface area is 133 Å². The van der Waals surface area contributed by atoms with Crippen LogP contribution in [0.1, 0.15) is 22.3 Å². The molecule has 1 heteroatoms. The average Bonchev–Trinajstić information content (AvgIpc) is 2.50. The minimum Gasteiger partial charge on any atom is -0.127 e.